The van der Waals surface area contributed by atoms with Crippen LogP contribution in [-0.4, -0.2) is 49.8 Å². The van der Waals surface area contributed by atoms with E-state index >= 15 is 0 Å². The van der Waals surface area contributed by atoms with Crippen molar-refractivity contribution in [3.63, 3.8) is 0 Å². The number of ether oxygens (including phenoxy) is 4. The number of alkyl carbamates (subject to hydrolysis) is 1. The molecule has 71 heavy (non-hydrogen) atoms. The molecule has 378 valence electrons. The molecule has 2 amide bonds. The minimum absolute atomic E-state index is 0. The summed E-state index contributed by atoms with van der Waals surface area (Å²) in [6, 6.07) is 26.1. The first-order valence-corrected chi connectivity index (χ1v) is 23.9. The van der Waals surface area contributed by atoms with Crippen LogP contribution in [0.4, 0.5) is 42.5 Å². The number of nitrogens with zero attached hydrogens (tertiary/aromatic N) is 1. The van der Waals surface area contributed by atoms with Crippen molar-refractivity contribution in [2.75, 3.05) is 30.4 Å². The summed E-state index contributed by atoms with van der Waals surface area (Å²) in [4.78, 5) is 39.2. The van der Waals surface area contributed by atoms with E-state index in [0.717, 1.165) is 52.4 Å². The summed E-state index contributed by atoms with van der Waals surface area (Å²) < 4.78 is 104. The predicted octanol–water partition coefficient (Wildman–Crippen LogP) is 13.4. The molecule has 4 heterocycles. The number of anilines is 2. The van der Waals surface area contributed by atoms with Gasteiger partial charge in [0, 0.05) is 45.3 Å². The third-order valence-corrected chi connectivity index (χ3v) is 13.8. The van der Waals surface area contributed by atoms with Crippen molar-refractivity contribution in [3.05, 3.63) is 139 Å². The lowest BCUT2D eigenvalue weighted by Gasteiger charge is -2.26. The average molecular weight is 1040 g/mol. The topological polar surface area (TPSA) is 115 Å². The number of rotatable bonds is 12. The Kier molecular flexibility index (Phi) is 17.1. The van der Waals surface area contributed by atoms with Crippen LogP contribution in [0.2, 0.25) is 0 Å². The highest BCUT2D eigenvalue weighted by Crippen LogP contribution is 2.45. The van der Waals surface area contributed by atoms with E-state index in [1.165, 1.54) is 23.6 Å². The van der Waals surface area contributed by atoms with Crippen LogP contribution in [-0.2, 0) is 57.5 Å². The monoisotopic (exact) mass is 1040 g/mol. The van der Waals surface area contributed by atoms with E-state index in [2.05, 4.69) is 10.6 Å². The second-order valence-electron chi connectivity index (χ2n) is 17.5. The van der Waals surface area contributed by atoms with Gasteiger partial charge in [-0.3, -0.25) is 9.59 Å². The summed E-state index contributed by atoms with van der Waals surface area (Å²) in [5, 5.41) is 5.79. The summed E-state index contributed by atoms with van der Waals surface area (Å²) >= 11 is 1.40. The largest absolute Gasteiger partial charge is 0.488 e. The molecule has 6 aromatic rings. The second-order valence-corrected chi connectivity index (χ2v) is 19.8. The zero-order chi connectivity index (χ0) is 50.5. The number of methoxy groups -OCH3 is 1. The molecule has 2 aliphatic heterocycles. The lowest BCUT2D eigenvalue weighted by molar-refractivity contribution is -0.142. The first kappa shape index (κ1) is 54.1. The van der Waals surface area contributed by atoms with Gasteiger partial charge in [-0.05, 0) is 117 Å². The summed E-state index contributed by atoms with van der Waals surface area (Å²) in [6.07, 6.45) is -8.69. The first-order chi connectivity index (χ1) is 33.1. The van der Waals surface area contributed by atoms with Crippen molar-refractivity contribution in [1.29, 1.82) is 0 Å². The summed E-state index contributed by atoms with van der Waals surface area (Å²) in [5.74, 6) is 0.0242. The van der Waals surface area contributed by atoms with Crippen molar-refractivity contribution >= 4 is 64.4 Å². The molecule has 2 N–H and O–H groups in total. The Morgan fingerprint density at radius 1 is 0.718 bits per heavy atom. The molecule has 0 fully saturated rings. The van der Waals surface area contributed by atoms with Crippen LogP contribution in [0.15, 0.2) is 97.1 Å². The standard InChI is InChI=1S/C31H33F3N2O6S.C21H18F3NOS.ClH/c1-18-21-13-14-36(28(38)23(16-26(37)40-5)35-29(39)42-30(2,3)4)24(21)11-12-25(18)41-17-20-15-22(19-9-7-6-8-10-19)27(43-20)31(32,33)34;1-13-16-9-10-25-18(16)7-8-19(13)26-12-15-11-17(14-5-3-2-4-6-14)20(27-15)21(22,23)24;/h6-12,15,23H,13-14,16-17H2,1-5H3,(H,35,39);2-8,11,25H,9-10,12H2,1H3;1H/t23-;;/m1../s1. The first-order valence-electron chi connectivity index (χ1n) is 22.2. The summed E-state index contributed by atoms with van der Waals surface area (Å²) in [6.45, 7) is 10.1. The van der Waals surface area contributed by atoms with E-state index in [1.807, 2.05) is 26.0 Å². The number of nitrogens with one attached hydrogen (secondary N) is 2. The quantitative estimate of drug-likeness (QED) is 0.0920. The number of fused-ring (bicyclic) bond motifs is 2. The fourth-order valence-corrected chi connectivity index (χ4v) is 10.1. The van der Waals surface area contributed by atoms with Gasteiger partial charge in [-0.1, -0.05) is 60.7 Å². The molecular formula is C52H52ClF6N3O7S2. The van der Waals surface area contributed by atoms with Gasteiger partial charge in [0.05, 0.1) is 13.5 Å². The number of benzene rings is 4. The minimum Gasteiger partial charge on any atom is -0.488 e. The minimum atomic E-state index is -4.50. The highest BCUT2D eigenvalue weighted by molar-refractivity contribution is 7.13. The summed E-state index contributed by atoms with van der Waals surface area (Å²) in [7, 11) is 1.19. The SMILES string of the molecule is COC(=O)C[C@@H](NC(=O)OC(C)(C)C)C(=O)N1CCc2c1ccc(OCc1cc(-c3ccccc3)c(C(F)(F)F)s1)c2C.Cc1c(OCc2cc(-c3ccccc3)c(C(F)(F)F)s2)ccc2c1CCN2.Cl. The number of halogens is 7. The zero-order valence-electron chi connectivity index (χ0n) is 39.6. The third-order valence-electron chi connectivity index (χ3n) is 11.5. The van der Waals surface area contributed by atoms with Crippen molar-refractivity contribution < 1.29 is 59.7 Å². The Bertz CT molecular complexity index is 2850. The molecule has 0 aliphatic carbocycles. The van der Waals surface area contributed by atoms with Crippen LogP contribution in [0.3, 0.4) is 0 Å². The molecule has 10 nitrogen and oxygen atoms in total. The van der Waals surface area contributed by atoms with Gasteiger partial charge >= 0.3 is 24.4 Å². The van der Waals surface area contributed by atoms with E-state index in [9.17, 15) is 40.7 Å². The fourth-order valence-electron chi connectivity index (χ4n) is 8.22. The molecular weight excluding hydrogens is 992 g/mol. The van der Waals surface area contributed by atoms with Crippen molar-refractivity contribution in [1.82, 2.24) is 5.32 Å². The number of esters is 1. The van der Waals surface area contributed by atoms with Gasteiger partial charge in [-0.15, -0.1) is 35.1 Å². The van der Waals surface area contributed by atoms with Crippen molar-refractivity contribution in [2.45, 2.75) is 91.1 Å². The predicted molar refractivity (Wildman–Crippen MR) is 266 cm³/mol. The van der Waals surface area contributed by atoms with Crippen LogP contribution in [0.5, 0.6) is 11.5 Å². The Balaban J connectivity index is 0.000000252. The maximum absolute atomic E-state index is 13.8. The number of carbonyl (C=O) groups excluding carboxylic acids is 3. The Morgan fingerprint density at radius 2 is 1.23 bits per heavy atom. The molecule has 2 aliphatic rings. The maximum atomic E-state index is 13.8. The lowest BCUT2D eigenvalue weighted by atomic mass is 10.0. The van der Waals surface area contributed by atoms with Crippen LogP contribution in [0.1, 0.15) is 69.0 Å². The van der Waals surface area contributed by atoms with Crippen LogP contribution in [0.25, 0.3) is 22.3 Å². The fraction of sp³-hybridized carbons (Fsp3) is 0.327. The van der Waals surface area contributed by atoms with Gasteiger partial charge in [-0.25, -0.2) is 4.79 Å². The molecule has 0 radical (unpaired) electrons. The molecule has 8 rings (SSSR count). The maximum Gasteiger partial charge on any atom is 0.426 e. The van der Waals surface area contributed by atoms with E-state index in [-0.39, 0.29) is 43.2 Å². The molecule has 1 atom stereocenters. The number of carbonyl (C=O) groups is 3. The summed E-state index contributed by atoms with van der Waals surface area (Å²) in [5.41, 5.74) is 6.10. The van der Waals surface area contributed by atoms with E-state index in [4.69, 9.17) is 18.9 Å². The normalized spacial score (nSPS) is 13.4. The number of hydrogen-bond acceptors (Lipinski definition) is 10. The van der Waals surface area contributed by atoms with E-state index in [0.29, 0.717) is 56.6 Å². The zero-order valence-corrected chi connectivity index (χ0v) is 42.0. The smallest absolute Gasteiger partial charge is 0.426 e. The van der Waals surface area contributed by atoms with E-state index < -0.39 is 51.7 Å². The van der Waals surface area contributed by atoms with Gasteiger partial charge in [0.1, 0.15) is 46.1 Å². The van der Waals surface area contributed by atoms with Gasteiger partial charge in [0.25, 0.3) is 0 Å². The molecule has 0 unspecified atom stereocenters. The highest BCUT2D eigenvalue weighted by atomic mass is 35.5. The molecule has 0 bridgehead atoms. The second kappa shape index (κ2) is 22.5. The highest BCUT2D eigenvalue weighted by Gasteiger charge is 2.38. The Labute approximate surface area is 421 Å². The molecule has 2 aromatic heterocycles. The van der Waals surface area contributed by atoms with E-state index in [1.54, 1.807) is 99.6 Å². The molecule has 19 heteroatoms. The number of thiophene rings is 2. The Morgan fingerprint density at radius 3 is 1.72 bits per heavy atom. The van der Waals surface area contributed by atoms with Crippen LogP contribution in [0, 0.1) is 13.8 Å². The van der Waals surface area contributed by atoms with Crippen LogP contribution >= 0.6 is 35.1 Å². The van der Waals surface area contributed by atoms with Gasteiger partial charge in [0.2, 0.25) is 5.91 Å². The lowest BCUT2D eigenvalue weighted by Crippen LogP contribution is -2.50. The average Bonchev–Trinajstić information content (AvgIpc) is 4.14. The van der Waals surface area contributed by atoms with Gasteiger partial charge in [0.15, 0.2) is 0 Å². The third kappa shape index (κ3) is 13.2. The Hall–Kier alpha value is -6.24. The van der Waals surface area contributed by atoms with Crippen LogP contribution < -0.4 is 25.0 Å². The number of amides is 2. The van der Waals surface area contributed by atoms with Crippen molar-refractivity contribution in [2.24, 2.45) is 0 Å². The number of alkyl halides is 6. The molecule has 0 saturated carbocycles. The number of hydrogen-bond donors (Lipinski definition) is 2. The molecule has 4 aromatic carbocycles. The molecule has 0 saturated heterocycles. The van der Waals surface area contributed by atoms with Gasteiger partial charge < -0.3 is 34.5 Å². The van der Waals surface area contributed by atoms with Crippen molar-refractivity contribution in [3.8, 4) is 33.8 Å². The molecule has 0 spiro atoms. The van der Waals surface area contributed by atoms with Gasteiger partial charge in [-0.2, -0.15) is 26.3 Å².